The van der Waals surface area contributed by atoms with E-state index in [0.29, 0.717) is 25.2 Å². The normalized spacial score (nSPS) is 11.5. The second kappa shape index (κ2) is 8.36. The van der Waals surface area contributed by atoms with Crippen LogP contribution in [0.2, 0.25) is 0 Å². The van der Waals surface area contributed by atoms with Gasteiger partial charge < -0.3 is 4.74 Å². The third-order valence-corrected chi connectivity index (χ3v) is 3.84. The standard InChI is InChI=1S/C20H32O2/c1-7-10-17(21)12-9-11-16-13-15(3)14-18(20(4,5)6)19(16)22-8-2/h13-14H,7-12H2,1-6H3. The van der Waals surface area contributed by atoms with Crippen molar-refractivity contribution in [3.05, 3.63) is 28.8 Å². The summed E-state index contributed by atoms with van der Waals surface area (Å²) in [7, 11) is 0. The van der Waals surface area contributed by atoms with Gasteiger partial charge in [0.25, 0.3) is 0 Å². The van der Waals surface area contributed by atoms with Crippen LogP contribution in [0.25, 0.3) is 0 Å². The largest absolute Gasteiger partial charge is 0.493 e. The maximum atomic E-state index is 11.7. The fourth-order valence-electron chi connectivity index (χ4n) is 2.79. The van der Waals surface area contributed by atoms with Crippen LogP contribution in [-0.2, 0) is 16.6 Å². The predicted octanol–water partition coefficient (Wildman–Crippen LogP) is 5.38. The van der Waals surface area contributed by atoms with E-state index in [2.05, 4.69) is 46.8 Å². The third-order valence-electron chi connectivity index (χ3n) is 3.84. The molecule has 1 aromatic carbocycles. The zero-order chi connectivity index (χ0) is 16.8. The highest BCUT2D eigenvalue weighted by atomic mass is 16.5. The molecule has 0 bridgehead atoms. The summed E-state index contributed by atoms with van der Waals surface area (Å²) in [4.78, 5) is 11.7. The molecule has 0 N–H and O–H groups in total. The number of aryl methyl sites for hydroxylation is 2. The van der Waals surface area contributed by atoms with E-state index >= 15 is 0 Å². The van der Waals surface area contributed by atoms with Crippen LogP contribution in [0.1, 0.15) is 77.0 Å². The van der Waals surface area contributed by atoms with Crippen molar-refractivity contribution in [2.75, 3.05) is 6.61 Å². The number of rotatable bonds is 8. The van der Waals surface area contributed by atoms with Gasteiger partial charge in [0.15, 0.2) is 0 Å². The molecule has 0 aromatic heterocycles. The summed E-state index contributed by atoms with van der Waals surface area (Å²) in [5.41, 5.74) is 3.84. The van der Waals surface area contributed by atoms with Crippen LogP contribution in [0.4, 0.5) is 0 Å². The molecule has 1 aromatic rings. The minimum Gasteiger partial charge on any atom is -0.493 e. The zero-order valence-corrected chi connectivity index (χ0v) is 15.2. The first-order valence-electron chi connectivity index (χ1n) is 8.58. The number of benzene rings is 1. The van der Waals surface area contributed by atoms with E-state index in [1.165, 1.54) is 16.7 Å². The van der Waals surface area contributed by atoms with Crippen LogP contribution in [0.15, 0.2) is 12.1 Å². The molecule has 0 heterocycles. The molecule has 2 heteroatoms. The molecule has 0 amide bonds. The molecular formula is C20H32O2. The lowest BCUT2D eigenvalue weighted by molar-refractivity contribution is -0.119. The molecule has 0 saturated heterocycles. The quantitative estimate of drug-likeness (QED) is 0.644. The Labute approximate surface area is 136 Å². The van der Waals surface area contributed by atoms with E-state index in [0.717, 1.165) is 25.0 Å². The summed E-state index contributed by atoms with van der Waals surface area (Å²) in [5, 5.41) is 0. The van der Waals surface area contributed by atoms with E-state index in [1.807, 2.05) is 6.92 Å². The average molecular weight is 304 g/mol. The third kappa shape index (κ3) is 5.47. The highest BCUT2D eigenvalue weighted by Gasteiger charge is 2.22. The Bertz CT molecular complexity index is 495. The van der Waals surface area contributed by atoms with Gasteiger partial charge in [-0.3, -0.25) is 4.79 Å². The van der Waals surface area contributed by atoms with Crippen LogP contribution >= 0.6 is 0 Å². The Hall–Kier alpha value is -1.31. The van der Waals surface area contributed by atoms with Gasteiger partial charge in [-0.15, -0.1) is 0 Å². The molecule has 1 rings (SSSR count). The Balaban J connectivity index is 2.97. The molecule has 0 spiro atoms. The summed E-state index contributed by atoms with van der Waals surface area (Å²) in [5.74, 6) is 1.41. The first-order valence-corrected chi connectivity index (χ1v) is 8.58. The number of hydrogen-bond acceptors (Lipinski definition) is 2. The van der Waals surface area contributed by atoms with Crippen molar-refractivity contribution in [3.8, 4) is 5.75 Å². The molecule has 0 saturated carbocycles. The summed E-state index contributed by atoms with van der Waals surface area (Å²) in [6.45, 7) is 13.6. The molecule has 2 nitrogen and oxygen atoms in total. The van der Waals surface area contributed by atoms with E-state index in [1.54, 1.807) is 0 Å². The molecule has 0 aliphatic heterocycles. The van der Waals surface area contributed by atoms with Crippen LogP contribution < -0.4 is 4.74 Å². The van der Waals surface area contributed by atoms with Crippen molar-refractivity contribution < 1.29 is 9.53 Å². The van der Waals surface area contributed by atoms with Gasteiger partial charge in [0.05, 0.1) is 6.61 Å². The van der Waals surface area contributed by atoms with Gasteiger partial charge in [0, 0.05) is 18.4 Å². The molecule has 22 heavy (non-hydrogen) atoms. The number of hydrogen-bond donors (Lipinski definition) is 0. The average Bonchev–Trinajstić information content (AvgIpc) is 2.40. The van der Waals surface area contributed by atoms with Gasteiger partial charge in [-0.1, -0.05) is 45.4 Å². The molecular weight excluding hydrogens is 272 g/mol. The lowest BCUT2D eigenvalue weighted by Gasteiger charge is -2.25. The van der Waals surface area contributed by atoms with E-state index in [-0.39, 0.29) is 5.41 Å². The minimum absolute atomic E-state index is 0.0588. The van der Waals surface area contributed by atoms with Crippen LogP contribution in [0.3, 0.4) is 0 Å². The summed E-state index contributed by atoms with van der Waals surface area (Å²) in [6.07, 6.45) is 4.15. The van der Waals surface area contributed by atoms with Crippen molar-refractivity contribution in [1.29, 1.82) is 0 Å². The highest BCUT2D eigenvalue weighted by molar-refractivity contribution is 5.78. The lowest BCUT2D eigenvalue weighted by Crippen LogP contribution is -2.15. The minimum atomic E-state index is 0.0588. The number of ether oxygens (including phenoxy) is 1. The van der Waals surface area contributed by atoms with Gasteiger partial charge >= 0.3 is 0 Å². The van der Waals surface area contributed by atoms with Crippen LogP contribution in [-0.4, -0.2) is 12.4 Å². The molecule has 0 aliphatic rings. The molecule has 0 fully saturated rings. The zero-order valence-electron chi connectivity index (χ0n) is 15.2. The fraction of sp³-hybridized carbons (Fsp3) is 0.650. The van der Waals surface area contributed by atoms with E-state index in [9.17, 15) is 4.79 Å². The maximum absolute atomic E-state index is 11.7. The number of Topliss-reactive ketones (excluding diaryl/α,β-unsaturated/α-hetero) is 1. The fourth-order valence-corrected chi connectivity index (χ4v) is 2.79. The Morgan fingerprint density at radius 3 is 2.36 bits per heavy atom. The molecule has 0 unspecified atom stereocenters. The van der Waals surface area contributed by atoms with Crippen molar-refractivity contribution >= 4 is 5.78 Å². The molecule has 0 atom stereocenters. The second-order valence-electron chi connectivity index (χ2n) is 7.13. The van der Waals surface area contributed by atoms with E-state index in [4.69, 9.17) is 4.74 Å². The van der Waals surface area contributed by atoms with Crippen molar-refractivity contribution in [2.45, 2.75) is 79.1 Å². The summed E-state index contributed by atoms with van der Waals surface area (Å²) in [6, 6.07) is 4.45. The maximum Gasteiger partial charge on any atom is 0.132 e. The number of carbonyl (C=O) groups excluding carboxylic acids is 1. The van der Waals surface area contributed by atoms with Crippen molar-refractivity contribution in [3.63, 3.8) is 0 Å². The highest BCUT2D eigenvalue weighted by Crippen LogP contribution is 2.36. The SMILES string of the molecule is CCCC(=O)CCCc1cc(C)cc(C(C)(C)C)c1OCC. The summed E-state index contributed by atoms with van der Waals surface area (Å²) >= 11 is 0. The van der Waals surface area contributed by atoms with Gasteiger partial charge in [-0.05, 0) is 44.1 Å². The van der Waals surface area contributed by atoms with Crippen molar-refractivity contribution in [2.24, 2.45) is 0 Å². The Morgan fingerprint density at radius 2 is 1.82 bits per heavy atom. The Kier molecular flexibility index (Phi) is 7.12. The van der Waals surface area contributed by atoms with Gasteiger partial charge in [-0.25, -0.2) is 0 Å². The number of ketones is 1. The van der Waals surface area contributed by atoms with Gasteiger partial charge in [0.1, 0.15) is 11.5 Å². The van der Waals surface area contributed by atoms with Crippen LogP contribution in [0.5, 0.6) is 5.75 Å². The van der Waals surface area contributed by atoms with Gasteiger partial charge in [0.2, 0.25) is 0 Å². The molecule has 0 radical (unpaired) electrons. The Morgan fingerprint density at radius 1 is 1.14 bits per heavy atom. The molecule has 124 valence electrons. The summed E-state index contributed by atoms with van der Waals surface area (Å²) < 4.78 is 5.97. The predicted molar refractivity (Wildman–Crippen MR) is 93.9 cm³/mol. The number of carbonyl (C=O) groups is 1. The van der Waals surface area contributed by atoms with Gasteiger partial charge in [-0.2, -0.15) is 0 Å². The first-order chi connectivity index (χ1) is 10.3. The second-order valence-corrected chi connectivity index (χ2v) is 7.13. The topological polar surface area (TPSA) is 26.3 Å². The smallest absolute Gasteiger partial charge is 0.132 e. The molecule has 0 aliphatic carbocycles. The van der Waals surface area contributed by atoms with E-state index < -0.39 is 0 Å². The monoisotopic (exact) mass is 304 g/mol. The first kappa shape index (κ1) is 18.7. The van der Waals surface area contributed by atoms with Crippen LogP contribution in [0, 0.1) is 6.92 Å². The lowest BCUT2D eigenvalue weighted by atomic mass is 9.83. The van der Waals surface area contributed by atoms with Crippen molar-refractivity contribution in [1.82, 2.24) is 0 Å².